The number of hydrogen-bond donors (Lipinski definition) is 0. The summed E-state index contributed by atoms with van der Waals surface area (Å²) in [5.41, 5.74) is 4.65. The Balaban J connectivity index is 2.12. The van der Waals surface area contributed by atoms with Crippen molar-refractivity contribution in [3.63, 3.8) is 0 Å². The molecule has 0 radical (unpaired) electrons. The molecule has 4 rings (SSSR count). The summed E-state index contributed by atoms with van der Waals surface area (Å²) < 4.78 is 0. The maximum absolute atomic E-state index is 4.46. The molecule has 0 aliphatic carbocycles. The zero-order valence-electron chi connectivity index (χ0n) is 10.6. The van der Waals surface area contributed by atoms with Crippen LogP contribution in [0.25, 0.3) is 33.2 Å². The lowest BCUT2D eigenvalue weighted by atomic mass is 10.0. The fourth-order valence-electron chi connectivity index (χ4n) is 2.43. The van der Waals surface area contributed by atoms with Crippen LogP contribution in [0.4, 0.5) is 0 Å². The molecule has 94 valence electrons. The van der Waals surface area contributed by atoms with E-state index in [0.717, 1.165) is 33.2 Å². The fourth-order valence-corrected chi connectivity index (χ4v) is 2.43. The Hall–Kier alpha value is -2.88. The maximum atomic E-state index is 4.46. The Morgan fingerprint density at radius 1 is 0.600 bits per heavy atom. The van der Waals surface area contributed by atoms with Crippen LogP contribution in [0.2, 0.25) is 0 Å². The smallest absolute Gasteiger partial charge is 0.159 e. The summed E-state index contributed by atoms with van der Waals surface area (Å²) in [7, 11) is 0. The molecule has 0 N–H and O–H groups in total. The molecule has 1 aromatic carbocycles. The summed E-state index contributed by atoms with van der Waals surface area (Å²) in [5, 5.41) is 1.02. The number of nitrogens with zero attached hydrogens (tertiary/aromatic N) is 4. The minimum Gasteiger partial charge on any atom is -0.253 e. The monoisotopic (exact) mass is 258 g/mol. The first-order chi connectivity index (χ1) is 9.93. The Labute approximate surface area is 115 Å². The zero-order valence-corrected chi connectivity index (χ0v) is 10.6. The van der Waals surface area contributed by atoms with Gasteiger partial charge in [-0.25, -0.2) is 9.97 Å². The van der Waals surface area contributed by atoms with E-state index in [2.05, 4.69) is 26.0 Å². The summed E-state index contributed by atoms with van der Waals surface area (Å²) >= 11 is 0. The van der Waals surface area contributed by atoms with Gasteiger partial charge in [-0.1, -0.05) is 12.1 Å². The summed E-state index contributed by atoms with van der Waals surface area (Å²) in [6.07, 6.45) is 6.95. The van der Waals surface area contributed by atoms with Crippen molar-refractivity contribution < 1.29 is 0 Å². The van der Waals surface area contributed by atoms with Crippen molar-refractivity contribution in [1.82, 2.24) is 19.9 Å². The van der Waals surface area contributed by atoms with Crippen molar-refractivity contribution in [1.29, 1.82) is 0 Å². The summed E-state index contributed by atoms with van der Waals surface area (Å²) in [6, 6.07) is 12.0. The standard InChI is InChI=1S/C16H10N4/c1-3-12(15-14(5-1)17-9-10-18-15)11-6-8-20-16-13(11)4-2-7-19-16/h1-10H. The Morgan fingerprint density at radius 3 is 2.50 bits per heavy atom. The van der Waals surface area contributed by atoms with E-state index in [1.54, 1.807) is 24.8 Å². The van der Waals surface area contributed by atoms with Gasteiger partial charge in [0.15, 0.2) is 5.65 Å². The minimum atomic E-state index is 0.742. The zero-order chi connectivity index (χ0) is 13.4. The molecule has 0 aliphatic heterocycles. The van der Waals surface area contributed by atoms with Crippen LogP contribution >= 0.6 is 0 Å². The molecule has 0 saturated heterocycles. The van der Waals surface area contributed by atoms with Crippen LogP contribution in [-0.2, 0) is 0 Å². The number of hydrogen-bond acceptors (Lipinski definition) is 4. The topological polar surface area (TPSA) is 51.6 Å². The number of para-hydroxylation sites is 1. The van der Waals surface area contributed by atoms with E-state index in [4.69, 9.17) is 0 Å². The van der Waals surface area contributed by atoms with Crippen LogP contribution in [0.5, 0.6) is 0 Å². The lowest BCUT2D eigenvalue weighted by Gasteiger charge is -2.07. The molecule has 4 aromatic rings. The molecular formula is C16H10N4. The SMILES string of the molecule is c1cc(-c2ccnc3ncccc23)c2nccnc2c1. The molecule has 20 heavy (non-hydrogen) atoms. The highest BCUT2D eigenvalue weighted by Gasteiger charge is 2.09. The second-order valence-corrected chi connectivity index (χ2v) is 4.46. The highest BCUT2D eigenvalue weighted by atomic mass is 14.8. The number of fused-ring (bicyclic) bond motifs is 2. The van der Waals surface area contributed by atoms with Crippen molar-refractivity contribution in [3.05, 3.63) is 61.2 Å². The second-order valence-electron chi connectivity index (χ2n) is 4.46. The summed E-state index contributed by atoms with van der Waals surface area (Å²) in [4.78, 5) is 17.4. The predicted molar refractivity (Wildman–Crippen MR) is 78.1 cm³/mol. The Kier molecular flexibility index (Phi) is 2.39. The van der Waals surface area contributed by atoms with Crippen LogP contribution < -0.4 is 0 Å². The average molecular weight is 258 g/mol. The number of aromatic nitrogens is 4. The first-order valence-corrected chi connectivity index (χ1v) is 6.33. The van der Waals surface area contributed by atoms with Gasteiger partial charge in [0, 0.05) is 35.7 Å². The van der Waals surface area contributed by atoms with Gasteiger partial charge in [-0.2, -0.15) is 0 Å². The van der Waals surface area contributed by atoms with Crippen LogP contribution in [0.1, 0.15) is 0 Å². The Bertz CT molecular complexity index is 830. The number of benzene rings is 1. The number of rotatable bonds is 1. The van der Waals surface area contributed by atoms with Crippen molar-refractivity contribution in [3.8, 4) is 11.1 Å². The van der Waals surface area contributed by atoms with Gasteiger partial charge in [0.05, 0.1) is 11.0 Å². The molecule has 0 aliphatic rings. The van der Waals surface area contributed by atoms with Gasteiger partial charge >= 0.3 is 0 Å². The van der Waals surface area contributed by atoms with E-state index < -0.39 is 0 Å². The van der Waals surface area contributed by atoms with Crippen LogP contribution in [0.15, 0.2) is 61.2 Å². The fraction of sp³-hybridized carbons (Fsp3) is 0. The third kappa shape index (κ3) is 1.62. The van der Waals surface area contributed by atoms with Gasteiger partial charge < -0.3 is 0 Å². The predicted octanol–water partition coefficient (Wildman–Crippen LogP) is 3.24. The maximum Gasteiger partial charge on any atom is 0.159 e. The van der Waals surface area contributed by atoms with Crippen molar-refractivity contribution in [2.45, 2.75) is 0 Å². The summed E-state index contributed by atoms with van der Waals surface area (Å²) in [5.74, 6) is 0. The molecule has 3 aromatic heterocycles. The third-order valence-electron chi connectivity index (χ3n) is 3.30. The van der Waals surface area contributed by atoms with E-state index in [1.807, 2.05) is 30.3 Å². The molecule has 0 saturated carbocycles. The molecule has 0 amide bonds. The first kappa shape index (κ1) is 11.0. The van der Waals surface area contributed by atoms with E-state index in [9.17, 15) is 0 Å². The van der Waals surface area contributed by atoms with Gasteiger partial charge in [0.2, 0.25) is 0 Å². The minimum absolute atomic E-state index is 0.742. The quantitative estimate of drug-likeness (QED) is 0.526. The second kappa shape index (κ2) is 4.35. The normalized spacial score (nSPS) is 11.0. The molecule has 4 nitrogen and oxygen atoms in total. The van der Waals surface area contributed by atoms with Gasteiger partial charge in [-0.05, 0) is 29.8 Å². The van der Waals surface area contributed by atoms with Gasteiger partial charge in [-0.15, -0.1) is 0 Å². The first-order valence-electron chi connectivity index (χ1n) is 6.33. The van der Waals surface area contributed by atoms with E-state index in [0.29, 0.717) is 0 Å². The van der Waals surface area contributed by atoms with Gasteiger partial charge in [-0.3, -0.25) is 9.97 Å². The average Bonchev–Trinajstić information content (AvgIpc) is 2.54. The van der Waals surface area contributed by atoms with Crippen molar-refractivity contribution >= 4 is 22.1 Å². The van der Waals surface area contributed by atoms with E-state index in [-0.39, 0.29) is 0 Å². The van der Waals surface area contributed by atoms with Crippen LogP contribution in [0, 0.1) is 0 Å². The highest BCUT2D eigenvalue weighted by Crippen LogP contribution is 2.30. The number of pyridine rings is 2. The highest BCUT2D eigenvalue weighted by molar-refractivity contribution is 6.00. The summed E-state index contributed by atoms with van der Waals surface area (Å²) in [6.45, 7) is 0. The van der Waals surface area contributed by atoms with E-state index >= 15 is 0 Å². The van der Waals surface area contributed by atoms with Gasteiger partial charge in [0.1, 0.15) is 0 Å². The van der Waals surface area contributed by atoms with Crippen molar-refractivity contribution in [2.24, 2.45) is 0 Å². The largest absolute Gasteiger partial charge is 0.253 e. The lowest BCUT2D eigenvalue weighted by molar-refractivity contribution is 1.28. The molecule has 0 atom stereocenters. The van der Waals surface area contributed by atoms with Crippen LogP contribution in [0.3, 0.4) is 0 Å². The molecule has 0 bridgehead atoms. The van der Waals surface area contributed by atoms with Crippen molar-refractivity contribution in [2.75, 3.05) is 0 Å². The Morgan fingerprint density at radius 2 is 1.50 bits per heavy atom. The van der Waals surface area contributed by atoms with Gasteiger partial charge in [0.25, 0.3) is 0 Å². The molecular weight excluding hydrogens is 248 g/mol. The molecule has 0 unspecified atom stereocenters. The molecule has 0 fully saturated rings. The van der Waals surface area contributed by atoms with Crippen LogP contribution in [-0.4, -0.2) is 19.9 Å². The third-order valence-corrected chi connectivity index (χ3v) is 3.30. The molecule has 3 heterocycles. The lowest BCUT2D eigenvalue weighted by Crippen LogP contribution is -1.90. The molecule has 4 heteroatoms. The molecule has 0 spiro atoms. The van der Waals surface area contributed by atoms with E-state index in [1.165, 1.54) is 0 Å².